The summed E-state index contributed by atoms with van der Waals surface area (Å²) in [4.78, 5) is 29.5. The molecule has 0 atom stereocenters. The normalized spacial score (nSPS) is 10.0. The number of Topliss-reactive ketones (excluding diaryl/α,β-unsaturated/α-hetero) is 1. The minimum absolute atomic E-state index is 0.0519. The van der Waals surface area contributed by atoms with Gasteiger partial charge in [0.2, 0.25) is 0 Å². The Kier molecular flexibility index (Phi) is 3.79. The van der Waals surface area contributed by atoms with Crippen LogP contribution in [0.25, 0.3) is 0 Å². The van der Waals surface area contributed by atoms with Gasteiger partial charge in [0.15, 0.2) is 10.9 Å². The fourth-order valence-electron chi connectivity index (χ4n) is 1.07. The van der Waals surface area contributed by atoms with E-state index in [0.717, 1.165) is 0 Å². The third kappa shape index (κ3) is 3.02. The summed E-state index contributed by atoms with van der Waals surface area (Å²) in [5, 5.41) is 9.28. The summed E-state index contributed by atoms with van der Waals surface area (Å²) in [5.41, 5.74) is 0.261. The fraction of sp³-hybridized carbons (Fsp3) is 0.333. The second-order valence-electron chi connectivity index (χ2n) is 2.91. The smallest absolute Gasteiger partial charge is 0.354 e. The molecule has 1 rings (SSSR count). The molecule has 1 aromatic rings. The van der Waals surface area contributed by atoms with Crippen LogP contribution in [-0.4, -0.2) is 33.1 Å². The Morgan fingerprint density at radius 2 is 2.20 bits per heavy atom. The van der Waals surface area contributed by atoms with Gasteiger partial charge in [0.1, 0.15) is 5.78 Å². The monoisotopic (exact) mass is 226 g/mol. The third-order valence-electron chi connectivity index (χ3n) is 1.67. The first-order valence-corrected chi connectivity index (χ1v) is 5.39. The first kappa shape index (κ1) is 11.6. The number of hydrogen-bond acceptors (Lipinski definition) is 5. The van der Waals surface area contributed by atoms with Crippen LogP contribution in [0.3, 0.4) is 0 Å². The summed E-state index contributed by atoms with van der Waals surface area (Å²) in [6.45, 7) is 1.40. The van der Waals surface area contributed by atoms with Crippen molar-refractivity contribution in [2.24, 2.45) is 0 Å². The lowest BCUT2D eigenvalue weighted by atomic mass is 10.1. The van der Waals surface area contributed by atoms with Crippen molar-refractivity contribution in [3.8, 4) is 0 Å². The average Bonchev–Trinajstić information content (AvgIpc) is 2.17. The van der Waals surface area contributed by atoms with Gasteiger partial charge in [-0.2, -0.15) is 0 Å². The molecule has 1 aromatic heterocycles. The Morgan fingerprint density at radius 3 is 2.67 bits per heavy atom. The van der Waals surface area contributed by atoms with E-state index in [0.29, 0.717) is 10.7 Å². The van der Waals surface area contributed by atoms with Crippen molar-refractivity contribution in [1.82, 2.24) is 9.97 Å². The molecule has 0 radical (unpaired) electrons. The van der Waals surface area contributed by atoms with Crippen molar-refractivity contribution >= 4 is 23.5 Å². The van der Waals surface area contributed by atoms with E-state index in [9.17, 15) is 9.59 Å². The van der Waals surface area contributed by atoms with Crippen molar-refractivity contribution in [3.05, 3.63) is 17.5 Å². The number of nitrogens with zero attached hydrogens (tertiary/aromatic N) is 2. The maximum absolute atomic E-state index is 10.9. The van der Waals surface area contributed by atoms with Gasteiger partial charge in [0.05, 0.1) is 0 Å². The topological polar surface area (TPSA) is 80.2 Å². The largest absolute Gasteiger partial charge is 0.476 e. The minimum Gasteiger partial charge on any atom is -0.476 e. The Labute approximate surface area is 90.9 Å². The highest BCUT2D eigenvalue weighted by atomic mass is 32.2. The molecule has 0 aromatic carbocycles. The lowest BCUT2D eigenvalue weighted by molar-refractivity contribution is -0.116. The molecule has 6 heteroatoms. The maximum atomic E-state index is 10.9. The standard InChI is InChI=1S/C9H10N2O3S/c1-5(12)3-6-4-10-9(15-2)11-7(6)8(13)14/h4H,3H2,1-2H3,(H,13,14). The Morgan fingerprint density at radius 1 is 1.53 bits per heavy atom. The van der Waals surface area contributed by atoms with Gasteiger partial charge in [0, 0.05) is 18.2 Å². The summed E-state index contributed by atoms with van der Waals surface area (Å²) >= 11 is 1.26. The third-order valence-corrected chi connectivity index (χ3v) is 2.23. The zero-order valence-electron chi connectivity index (χ0n) is 8.35. The van der Waals surface area contributed by atoms with Crippen LogP contribution in [0.15, 0.2) is 11.4 Å². The Balaban J connectivity index is 3.15. The Hall–Kier alpha value is -1.43. The molecule has 0 spiro atoms. The number of aromatic carboxylic acids is 1. The molecule has 0 bridgehead atoms. The number of carbonyl (C=O) groups is 2. The molecule has 1 N–H and O–H groups in total. The van der Waals surface area contributed by atoms with Gasteiger partial charge in [0.25, 0.3) is 0 Å². The van der Waals surface area contributed by atoms with Crippen LogP contribution in [0, 0.1) is 0 Å². The molecule has 1 heterocycles. The highest BCUT2D eigenvalue weighted by molar-refractivity contribution is 7.98. The molecular weight excluding hydrogens is 216 g/mol. The molecular formula is C9H10N2O3S. The molecule has 0 saturated heterocycles. The van der Waals surface area contributed by atoms with Crippen LogP contribution in [-0.2, 0) is 11.2 Å². The van der Waals surface area contributed by atoms with Crippen molar-refractivity contribution in [1.29, 1.82) is 0 Å². The fourth-order valence-corrected chi connectivity index (χ4v) is 1.41. The average molecular weight is 226 g/mol. The summed E-state index contributed by atoms with van der Waals surface area (Å²) in [6.07, 6.45) is 3.20. The molecule has 0 unspecified atom stereocenters. The van der Waals surface area contributed by atoms with Crippen molar-refractivity contribution in [2.75, 3.05) is 6.26 Å². The van der Waals surface area contributed by atoms with E-state index in [2.05, 4.69) is 9.97 Å². The SMILES string of the molecule is CSc1ncc(CC(C)=O)c(C(=O)O)n1. The molecule has 0 amide bonds. The number of hydrogen-bond donors (Lipinski definition) is 1. The lowest BCUT2D eigenvalue weighted by Crippen LogP contribution is -2.10. The summed E-state index contributed by atoms with van der Waals surface area (Å²) in [6, 6.07) is 0. The highest BCUT2D eigenvalue weighted by Gasteiger charge is 2.14. The minimum atomic E-state index is -1.14. The zero-order valence-corrected chi connectivity index (χ0v) is 9.17. The molecule has 0 aliphatic carbocycles. The zero-order chi connectivity index (χ0) is 11.4. The first-order valence-electron chi connectivity index (χ1n) is 4.17. The number of carbonyl (C=O) groups excluding carboxylic acids is 1. The van der Waals surface area contributed by atoms with Gasteiger partial charge in [-0.15, -0.1) is 0 Å². The van der Waals surface area contributed by atoms with Crippen molar-refractivity contribution in [2.45, 2.75) is 18.5 Å². The van der Waals surface area contributed by atoms with E-state index >= 15 is 0 Å². The van der Waals surface area contributed by atoms with Gasteiger partial charge in [-0.1, -0.05) is 11.8 Å². The molecule has 0 aliphatic heterocycles. The van der Waals surface area contributed by atoms with Gasteiger partial charge in [-0.05, 0) is 13.2 Å². The molecule has 15 heavy (non-hydrogen) atoms. The number of carboxylic acids is 1. The van der Waals surface area contributed by atoms with E-state index in [4.69, 9.17) is 5.11 Å². The van der Waals surface area contributed by atoms with Crippen LogP contribution in [0.2, 0.25) is 0 Å². The van der Waals surface area contributed by atoms with Crippen LogP contribution in [0.4, 0.5) is 0 Å². The maximum Gasteiger partial charge on any atom is 0.354 e. The van der Waals surface area contributed by atoms with Gasteiger partial charge >= 0.3 is 5.97 Å². The van der Waals surface area contributed by atoms with Crippen LogP contribution in [0.1, 0.15) is 23.0 Å². The van der Waals surface area contributed by atoms with Crippen molar-refractivity contribution in [3.63, 3.8) is 0 Å². The number of ketones is 1. The quantitative estimate of drug-likeness (QED) is 0.610. The highest BCUT2D eigenvalue weighted by Crippen LogP contribution is 2.12. The van der Waals surface area contributed by atoms with E-state index in [1.54, 1.807) is 6.26 Å². The Bertz CT molecular complexity index is 406. The molecule has 0 fully saturated rings. The summed E-state index contributed by atoms with van der Waals surface area (Å²) in [7, 11) is 0. The van der Waals surface area contributed by atoms with Crippen LogP contribution in [0.5, 0.6) is 0 Å². The van der Waals surface area contributed by atoms with Gasteiger partial charge < -0.3 is 5.11 Å². The predicted octanol–water partition coefficient (Wildman–Crippen LogP) is 1.03. The summed E-state index contributed by atoms with van der Waals surface area (Å²) < 4.78 is 0. The number of rotatable bonds is 4. The van der Waals surface area contributed by atoms with Crippen molar-refractivity contribution < 1.29 is 14.7 Å². The van der Waals surface area contributed by atoms with Crippen LogP contribution < -0.4 is 0 Å². The van der Waals surface area contributed by atoms with E-state index in [1.807, 2.05) is 0 Å². The van der Waals surface area contributed by atoms with Gasteiger partial charge in [-0.3, -0.25) is 4.79 Å². The molecule has 0 aliphatic rings. The molecule has 80 valence electrons. The summed E-state index contributed by atoms with van der Waals surface area (Å²) in [5.74, 6) is -1.25. The predicted molar refractivity (Wildman–Crippen MR) is 55.2 cm³/mol. The molecule has 0 saturated carbocycles. The van der Waals surface area contributed by atoms with E-state index < -0.39 is 5.97 Å². The number of thioether (sulfide) groups is 1. The first-order chi connectivity index (χ1) is 7.04. The lowest BCUT2D eigenvalue weighted by Gasteiger charge is -2.03. The number of carboxylic acid groups (broad SMARTS) is 1. The van der Waals surface area contributed by atoms with Gasteiger partial charge in [-0.25, -0.2) is 14.8 Å². The number of aromatic nitrogens is 2. The van der Waals surface area contributed by atoms with Crippen LogP contribution >= 0.6 is 11.8 Å². The molecule has 5 nitrogen and oxygen atoms in total. The van der Waals surface area contributed by atoms with E-state index in [1.165, 1.54) is 24.9 Å². The second kappa shape index (κ2) is 4.88. The second-order valence-corrected chi connectivity index (χ2v) is 3.69. The van der Waals surface area contributed by atoms with E-state index in [-0.39, 0.29) is 17.9 Å².